The van der Waals surface area contributed by atoms with E-state index in [1.165, 1.54) is 68.7 Å². The van der Waals surface area contributed by atoms with Gasteiger partial charge in [-0.15, -0.1) is 0 Å². The lowest BCUT2D eigenvalue weighted by Gasteiger charge is -2.29. The molecular weight excluding hydrogens is 576 g/mol. The first-order valence-corrected chi connectivity index (χ1v) is 16.3. The molecule has 0 aromatic heterocycles. The number of carbonyl (C=O) groups excluding carboxylic acids is 4. The fourth-order valence-corrected chi connectivity index (χ4v) is 6.69. The second-order valence-electron chi connectivity index (χ2n) is 12.3. The second-order valence-corrected chi connectivity index (χ2v) is 12.3. The van der Waals surface area contributed by atoms with Gasteiger partial charge >= 0.3 is 11.9 Å². The molecule has 1 atom stereocenters. The van der Waals surface area contributed by atoms with Gasteiger partial charge in [-0.05, 0) is 79.0 Å². The zero-order chi connectivity index (χ0) is 32.0. The predicted molar refractivity (Wildman–Crippen MR) is 175 cm³/mol. The zero-order valence-corrected chi connectivity index (χ0v) is 26.1. The van der Waals surface area contributed by atoms with Gasteiger partial charge in [0.15, 0.2) is 17.7 Å². The number of rotatable bonds is 10. The third kappa shape index (κ3) is 6.71. The van der Waals surface area contributed by atoms with Crippen molar-refractivity contribution in [3.63, 3.8) is 0 Å². The van der Waals surface area contributed by atoms with Crippen LogP contribution in [0.2, 0.25) is 0 Å². The molecule has 6 heteroatoms. The van der Waals surface area contributed by atoms with E-state index < -0.39 is 18.0 Å². The van der Waals surface area contributed by atoms with Gasteiger partial charge in [0.05, 0.1) is 11.1 Å². The Balaban J connectivity index is 1.11. The molecule has 0 bridgehead atoms. The molecule has 234 valence electrons. The smallest absolute Gasteiger partial charge is 0.338 e. The van der Waals surface area contributed by atoms with Crippen molar-refractivity contribution >= 4 is 23.5 Å². The van der Waals surface area contributed by atoms with E-state index >= 15 is 0 Å². The van der Waals surface area contributed by atoms with Gasteiger partial charge in [-0.25, -0.2) is 9.59 Å². The molecule has 0 heterocycles. The molecule has 4 aromatic carbocycles. The van der Waals surface area contributed by atoms with Crippen LogP contribution in [0.3, 0.4) is 0 Å². The van der Waals surface area contributed by atoms with E-state index in [2.05, 4.69) is 6.92 Å². The number of ketones is 2. The minimum Gasteiger partial charge on any atom is -0.458 e. The summed E-state index contributed by atoms with van der Waals surface area (Å²) in [5, 5.41) is 0. The van der Waals surface area contributed by atoms with Crippen molar-refractivity contribution in [3.05, 3.63) is 142 Å². The number of carbonyl (C=O) groups is 4. The van der Waals surface area contributed by atoms with E-state index in [0.29, 0.717) is 28.2 Å². The van der Waals surface area contributed by atoms with Gasteiger partial charge in [-0.1, -0.05) is 92.9 Å². The van der Waals surface area contributed by atoms with E-state index in [1.54, 1.807) is 24.3 Å². The molecule has 0 aliphatic heterocycles. The Morgan fingerprint density at radius 1 is 0.696 bits per heavy atom. The Morgan fingerprint density at radius 3 is 1.98 bits per heavy atom. The molecule has 0 radical (unpaired) electrons. The molecule has 1 saturated carbocycles. The maximum Gasteiger partial charge on any atom is 0.338 e. The van der Waals surface area contributed by atoms with E-state index in [-0.39, 0.29) is 34.9 Å². The van der Waals surface area contributed by atoms with Crippen LogP contribution in [0, 0.1) is 5.92 Å². The average molecular weight is 615 g/mol. The molecule has 46 heavy (non-hydrogen) atoms. The van der Waals surface area contributed by atoms with E-state index in [1.807, 2.05) is 54.6 Å². The topological polar surface area (TPSA) is 86.7 Å². The van der Waals surface area contributed by atoms with Crippen LogP contribution in [0.25, 0.3) is 0 Å². The first-order valence-electron chi connectivity index (χ1n) is 16.3. The van der Waals surface area contributed by atoms with Gasteiger partial charge in [0, 0.05) is 22.3 Å². The Bertz CT molecular complexity index is 1730. The second kappa shape index (κ2) is 14.1. The summed E-state index contributed by atoms with van der Waals surface area (Å²) in [6.45, 7) is 2.03. The van der Waals surface area contributed by atoms with Crippen LogP contribution in [0.5, 0.6) is 0 Å². The fraction of sp³-hybridized carbons (Fsp3) is 0.300. The fourth-order valence-electron chi connectivity index (χ4n) is 6.69. The predicted octanol–water partition coefficient (Wildman–Crippen LogP) is 8.68. The highest BCUT2D eigenvalue weighted by atomic mass is 16.6. The van der Waals surface area contributed by atoms with Gasteiger partial charge in [0.2, 0.25) is 0 Å². The van der Waals surface area contributed by atoms with Crippen molar-refractivity contribution in [2.24, 2.45) is 5.92 Å². The third-order valence-corrected chi connectivity index (χ3v) is 9.38. The number of unbranched alkanes of at least 4 members (excludes halogenated alkanes) is 1. The van der Waals surface area contributed by atoms with Crippen LogP contribution in [0.15, 0.2) is 97.1 Å². The lowest BCUT2D eigenvalue weighted by molar-refractivity contribution is -0.00134. The molecule has 2 aliphatic rings. The Kier molecular flexibility index (Phi) is 9.53. The van der Waals surface area contributed by atoms with Crippen LogP contribution in [-0.4, -0.2) is 30.1 Å². The van der Waals surface area contributed by atoms with E-state index in [9.17, 15) is 19.2 Å². The Labute approximate surface area is 269 Å². The molecule has 0 amide bonds. The lowest BCUT2D eigenvalue weighted by Crippen LogP contribution is -2.22. The molecule has 6 rings (SSSR count). The minimum atomic E-state index is -0.844. The number of ether oxygens (including phenoxy) is 2. The molecule has 1 fully saturated rings. The van der Waals surface area contributed by atoms with Crippen molar-refractivity contribution in [1.29, 1.82) is 0 Å². The number of hydrogen-bond acceptors (Lipinski definition) is 6. The maximum absolute atomic E-state index is 13.3. The maximum atomic E-state index is 13.3. The van der Waals surface area contributed by atoms with Crippen LogP contribution in [-0.2, 0) is 9.47 Å². The highest BCUT2D eigenvalue weighted by Gasteiger charge is 2.30. The zero-order valence-electron chi connectivity index (χ0n) is 26.1. The van der Waals surface area contributed by atoms with Gasteiger partial charge in [-0.3, -0.25) is 9.59 Å². The summed E-state index contributed by atoms with van der Waals surface area (Å²) in [4.78, 5) is 52.5. The highest BCUT2D eigenvalue weighted by Crippen LogP contribution is 2.38. The minimum absolute atomic E-state index is 0.132. The summed E-state index contributed by atoms with van der Waals surface area (Å²) >= 11 is 0. The quantitative estimate of drug-likeness (QED) is 0.146. The molecule has 0 spiro atoms. The summed E-state index contributed by atoms with van der Waals surface area (Å²) in [5.74, 6) is -0.411. The molecule has 0 saturated heterocycles. The van der Waals surface area contributed by atoms with Crippen molar-refractivity contribution in [2.45, 2.75) is 63.9 Å². The molecule has 1 unspecified atom stereocenters. The van der Waals surface area contributed by atoms with Gasteiger partial charge in [0.1, 0.15) is 6.61 Å². The average Bonchev–Trinajstić information content (AvgIpc) is 3.11. The first kappa shape index (κ1) is 31.2. The highest BCUT2D eigenvalue weighted by molar-refractivity contribution is 6.28. The lowest BCUT2D eigenvalue weighted by atomic mass is 9.77. The molecule has 0 N–H and O–H groups in total. The molecule has 4 aromatic rings. The third-order valence-electron chi connectivity index (χ3n) is 9.38. The number of benzene rings is 4. The number of esters is 2. The van der Waals surface area contributed by atoms with Gasteiger partial charge in [0.25, 0.3) is 0 Å². The van der Waals surface area contributed by atoms with Gasteiger partial charge in [-0.2, -0.15) is 0 Å². The van der Waals surface area contributed by atoms with Crippen molar-refractivity contribution in [1.82, 2.24) is 0 Å². The SMILES string of the molecule is CCCCC1CCC(c2ccc(C(=O)OC(COC(=O)c3ccc4c(c3)C(=O)c3ccccc3C4=O)c3ccccc3)cc2)CC1. The van der Waals surface area contributed by atoms with Crippen molar-refractivity contribution in [3.8, 4) is 0 Å². The van der Waals surface area contributed by atoms with E-state index in [0.717, 1.165) is 5.92 Å². The summed E-state index contributed by atoms with van der Waals surface area (Å²) in [6.07, 6.45) is 7.93. The monoisotopic (exact) mass is 614 g/mol. The molecular formula is C40H38O6. The van der Waals surface area contributed by atoms with Crippen LogP contribution < -0.4 is 0 Å². The van der Waals surface area contributed by atoms with Crippen LogP contribution >= 0.6 is 0 Å². The summed E-state index contributed by atoms with van der Waals surface area (Å²) in [7, 11) is 0. The number of fused-ring (bicyclic) bond motifs is 2. The van der Waals surface area contributed by atoms with Crippen molar-refractivity contribution < 1.29 is 28.7 Å². The Morgan fingerprint density at radius 2 is 1.30 bits per heavy atom. The summed E-state index contributed by atoms with van der Waals surface area (Å²) in [6, 6.07) is 27.8. The van der Waals surface area contributed by atoms with Crippen molar-refractivity contribution in [2.75, 3.05) is 6.61 Å². The van der Waals surface area contributed by atoms with Crippen LogP contribution in [0.1, 0.15) is 128 Å². The summed E-state index contributed by atoms with van der Waals surface area (Å²) in [5.41, 5.74) is 3.58. The molecule has 6 nitrogen and oxygen atoms in total. The van der Waals surface area contributed by atoms with E-state index in [4.69, 9.17) is 9.47 Å². The summed E-state index contributed by atoms with van der Waals surface area (Å²) < 4.78 is 11.5. The number of hydrogen-bond donors (Lipinski definition) is 0. The molecule has 2 aliphatic carbocycles. The van der Waals surface area contributed by atoms with Crippen LogP contribution in [0.4, 0.5) is 0 Å². The normalized spacial score (nSPS) is 17.8. The Hall–Kier alpha value is -4.84. The van der Waals surface area contributed by atoms with Gasteiger partial charge < -0.3 is 9.47 Å². The first-order chi connectivity index (χ1) is 22.4. The standard InChI is InChI=1S/C40H38O6/c1-2-3-9-26-14-16-27(17-15-26)28-18-20-30(21-19-28)40(44)46-36(29-10-5-4-6-11-29)25-45-39(43)31-22-23-34-35(24-31)38(42)33-13-8-7-12-32(33)37(34)41/h4-8,10-13,18-24,26-27,36H,2-3,9,14-17,25H2,1H3. The largest absolute Gasteiger partial charge is 0.458 e.